The molecule has 0 spiro atoms. The predicted molar refractivity (Wildman–Crippen MR) is 47.3 cm³/mol. The molecule has 0 aliphatic heterocycles. The molecule has 0 bridgehead atoms. The van der Waals surface area contributed by atoms with Gasteiger partial charge in [0, 0.05) is 0 Å². The number of carbonyl (C=O) groups is 2. The maximum absolute atomic E-state index is 10.1. The molecule has 0 heterocycles. The first-order chi connectivity index (χ1) is 5.77. The van der Waals surface area contributed by atoms with Gasteiger partial charge in [-0.05, 0) is 12.3 Å². The summed E-state index contributed by atoms with van der Waals surface area (Å²) in [6.07, 6.45) is -0.782. The van der Waals surface area contributed by atoms with Crippen LogP contribution in [0.25, 0.3) is 0 Å². The molecule has 0 aromatic rings. The molecule has 1 amide bonds. The van der Waals surface area contributed by atoms with E-state index in [1.54, 1.807) is 0 Å². The van der Waals surface area contributed by atoms with E-state index in [2.05, 4.69) is 5.73 Å². The van der Waals surface area contributed by atoms with Gasteiger partial charge in [0.05, 0.1) is 0 Å². The second kappa shape index (κ2) is 7.35. The average molecular weight is 192 g/mol. The lowest BCUT2D eigenvalue weighted by Crippen LogP contribution is -2.31. The minimum absolute atomic E-state index is 0.357. The van der Waals surface area contributed by atoms with Gasteiger partial charge in [-0.2, -0.15) is 0 Å². The number of hydrogen-bond acceptors (Lipinski definition) is 3. The van der Waals surface area contributed by atoms with E-state index in [1.165, 1.54) is 0 Å². The van der Waals surface area contributed by atoms with Gasteiger partial charge < -0.3 is 21.7 Å². The van der Waals surface area contributed by atoms with E-state index in [4.69, 9.17) is 20.7 Å². The van der Waals surface area contributed by atoms with Crippen LogP contribution in [0.5, 0.6) is 0 Å². The average Bonchev–Trinajstić information content (AvgIpc) is 1.83. The van der Waals surface area contributed by atoms with E-state index in [9.17, 15) is 4.79 Å². The van der Waals surface area contributed by atoms with Crippen molar-refractivity contribution in [3.8, 4) is 0 Å². The van der Waals surface area contributed by atoms with Gasteiger partial charge in [-0.25, -0.2) is 4.79 Å². The highest BCUT2D eigenvalue weighted by atomic mass is 16.4. The summed E-state index contributed by atoms with van der Waals surface area (Å²) in [6.45, 7) is 3.89. The standard InChI is InChI=1S/C6H13NO2.CH3NO2/c1-4(2)3-5(7)6(8)9;2-1(3)4/h4-5H,3,7H2,1-2H3,(H,8,9);2H2,(H,3,4). The summed E-state index contributed by atoms with van der Waals surface area (Å²) >= 11 is 0. The maximum atomic E-state index is 10.1. The summed E-state index contributed by atoms with van der Waals surface area (Å²) in [7, 11) is 0. The van der Waals surface area contributed by atoms with Crippen molar-refractivity contribution in [2.75, 3.05) is 0 Å². The van der Waals surface area contributed by atoms with Crippen LogP contribution < -0.4 is 11.5 Å². The molecule has 0 rings (SSSR count). The normalized spacial score (nSPS) is 11.4. The zero-order chi connectivity index (χ0) is 11.0. The molecule has 1 unspecified atom stereocenters. The molecule has 0 saturated heterocycles. The van der Waals surface area contributed by atoms with Crippen molar-refractivity contribution in [3.05, 3.63) is 0 Å². The fourth-order valence-electron chi connectivity index (χ4n) is 0.609. The fourth-order valence-corrected chi connectivity index (χ4v) is 0.609. The SMILES string of the molecule is CC(C)CC(N)C(=O)O.NC(=O)O. The van der Waals surface area contributed by atoms with Gasteiger partial charge in [-0.15, -0.1) is 0 Å². The second-order valence-corrected chi connectivity index (χ2v) is 2.91. The largest absolute Gasteiger partial charge is 0.480 e. The first-order valence-electron chi connectivity index (χ1n) is 3.74. The predicted octanol–water partition coefficient (Wildman–Crippen LogP) is 0.0675. The topological polar surface area (TPSA) is 127 Å². The maximum Gasteiger partial charge on any atom is 0.402 e. The van der Waals surface area contributed by atoms with Crippen molar-refractivity contribution in [1.82, 2.24) is 0 Å². The van der Waals surface area contributed by atoms with E-state index >= 15 is 0 Å². The number of hydrogen-bond donors (Lipinski definition) is 4. The summed E-state index contributed by atoms with van der Waals surface area (Å²) in [5.74, 6) is -0.556. The fraction of sp³-hybridized carbons (Fsp3) is 0.714. The Hall–Kier alpha value is -1.30. The number of primary amides is 1. The summed E-state index contributed by atoms with van der Waals surface area (Å²) < 4.78 is 0. The molecule has 13 heavy (non-hydrogen) atoms. The van der Waals surface area contributed by atoms with Crippen LogP contribution in [0.4, 0.5) is 4.79 Å². The smallest absolute Gasteiger partial charge is 0.402 e. The Labute approximate surface area is 76.5 Å². The molecule has 78 valence electrons. The van der Waals surface area contributed by atoms with Crippen LogP contribution in [0.3, 0.4) is 0 Å². The molecule has 0 aliphatic rings. The number of aliphatic carboxylic acids is 1. The third kappa shape index (κ3) is 18.0. The van der Waals surface area contributed by atoms with Crippen LogP contribution in [0.2, 0.25) is 0 Å². The van der Waals surface area contributed by atoms with Crippen LogP contribution in [-0.4, -0.2) is 28.3 Å². The van der Waals surface area contributed by atoms with Crippen molar-refractivity contribution in [2.45, 2.75) is 26.3 Å². The van der Waals surface area contributed by atoms with Gasteiger partial charge >= 0.3 is 12.1 Å². The lowest BCUT2D eigenvalue weighted by molar-refractivity contribution is -0.138. The highest BCUT2D eigenvalue weighted by Crippen LogP contribution is 2.01. The molecule has 0 aromatic carbocycles. The summed E-state index contributed by atoms with van der Waals surface area (Å²) in [4.78, 5) is 18.9. The Morgan fingerprint density at radius 1 is 1.31 bits per heavy atom. The summed E-state index contributed by atoms with van der Waals surface area (Å²) in [6, 6.07) is -0.690. The van der Waals surface area contributed by atoms with E-state index in [1.807, 2.05) is 13.8 Å². The van der Waals surface area contributed by atoms with Gasteiger partial charge in [0.2, 0.25) is 0 Å². The van der Waals surface area contributed by atoms with E-state index < -0.39 is 18.1 Å². The molecular formula is C7H16N2O4. The van der Waals surface area contributed by atoms with Crippen LogP contribution in [0, 0.1) is 5.92 Å². The highest BCUT2D eigenvalue weighted by Gasteiger charge is 2.11. The van der Waals surface area contributed by atoms with Crippen molar-refractivity contribution in [1.29, 1.82) is 0 Å². The van der Waals surface area contributed by atoms with Gasteiger partial charge in [-0.3, -0.25) is 4.79 Å². The minimum atomic E-state index is -1.33. The Bertz CT molecular complexity index is 166. The van der Waals surface area contributed by atoms with Gasteiger partial charge in [0.25, 0.3) is 0 Å². The zero-order valence-electron chi connectivity index (χ0n) is 7.73. The lowest BCUT2D eigenvalue weighted by Gasteiger charge is -2.07. The van der Waals surface area contributed by atoms with Crippen molar-refractivity contribution in [3.63, 3.8) is 0 Å². The first kappa shape index (κ1) is 14.2. The number of rotatable bonds is 3. The van der Waals surface area contributed by atoms with Gasteiger partial charge in [0.15, 0.2) is 0 Å². The number of carboxylic acid groups (broad SMARTS) is 2. The molecular weight excluding hydrogens is 176 g/mol. The Balaban J connectivity index is 0. The molecule has 0 fully saturated rings. The lowest BCUT2D eigenvalue weighted by atomic mass is 10.1. The molecule has 6 N–H and O–H groups in total. The van der Waals surface area contributed by atoms with Gasteiger partial charge in [-0.1, -0.05) is 13.8 Å². The quantitative estimate of drug-likeness (QED) is 0.503. The molecule has 0 aromatic heterocycles. The first-order valence-corrected chi connectivity index (χ1v) is 3.74. The third-order valence-electron chi connectivity index (χ3n) is 1.04. The van der Waals surface area contributed by atoms with Crippen molar-refractivity contribution >= 4 is 12.1 Å². The van der Waals surface area contributed by atoms with Crippen LogP contribution >= 0.6 is 0 Å². The molecule has 1 atom stereocenters. The second-order valence-electron chi connectivity index (χ2n) is 2.91. The molecule has 0 aliphatic carbocycles. The number of nitrogens with two attached hydrogens (primary N) is 2. The molecule has 0 saturated carbocycles. The van der Waals surface area contributed by atoms with Crippen LogP contribution in [-0.2, 0) is 4.79 Å². The van der Waals surface area contributed by atoms with Crippen molar-refractivity contribution < 1.29 is 19.8 Å². The molecule has 6 nitrogen and oxygen atoms in total. The number of carboxylic acids is 1. The summed E-state index contributed by atoms with van der Waals surface area (Å²) in [5, 5.41) is 15.5. The molecule has 6 heteroatoms. The van der Waals surface area contributed by atoms with Crippen LogP contribution in [0.1, 0.15) is 20.3 Å². The summed E-state index contributed by atoms with van der Waals surface area (Å²) in [5.41, 5.74) is 9.25. The number of amides is 1. The Morgan fingerprint density at radius 3 is 1.69 bits per heavy atom. The highest BCUT2D eigenvalue weighted by molar-refractivity contribution is 5.72. The zero-order valence-corrected chi connectivity index (χ0v) is 7.73. The minimum Gasteiger partial charge on any atom is -0.480 e. The van der Waals surface area contributed by atoms with Gasteiger partial charge in [0.1, 0.15) is 6.04 Å². The van der Waals surface area contributed by atoms with Crippen LogP contribution in [0.15, 0.2) is 0 Å². The van der Waals surface area contributed by atoms with Crippen molar-refractivity contribution in [2.24, 2.45) is 17.4 Å². The van der Waals surface area contributed by atoms with E-state index in [0.717, 1.165) is 0 Å². The monoisotopic (exact) mass is 192 g/mol. The Morgan fingerprint density at radius 2 is 1.62 bits per heavy atom. The van der Waals surface area contributed by atoms with E-state index in [-0.39, 0.29) is 0 Å². The third-order valence-corrected chi connectivity index (χ3v) is 1.04. The Kier molecular flexibility index (Phi) is 8.05. The van der Waals surface area contributed by atoms with E-state index in [0.29, 0.717) is 12.3 Å². The molecule has 0 radical (unpaired) electrons.